The predicted octanol–water partition coefficient (Wildman–Crippen LogP) is 1.98. The summed E-state index contributed by atoms with van der Waals surface area (Å²) in [5.74, 6) is 0.388. The molecule has 1 N–H and O–H groups in total. The lowest BCUT2D eigenvalue weighted by molar-refractivity contribution is -0.120. The largest absolute Gasteiger partial charge is 0.487 e. The zero-order valence-corrected chi connectivity index (χ0v) is 13.6. The molecule has 0 fully saturated rings. The van der Waals surface area contributed by atoms with Gasteiger partial charge in [0, 0.05) is 19.3 Å². The first-order valence-electron chi connectivity index (χ1n) is 6.73. The van der Waals surface area contributed by atoms with E-state index in [0.29, 0.717) is 16.6 Å². The van der Waals surface area contributed by atoms with Crippen molar-refractivity contribution in [3.05, 3.63) is 17.3 Å². The van der Waals surface area contributed by atoms with Gasteiger partial charge >= 0.3 is 6.09 Å². The third kappa shape index (κ3) is 3.79. The van der Waals surface area contributed by atoms with Gasteiger partial charge in [-0.25, -0.2) is 9.78 Å². The average Bonchev–Trinajstić information content (AvgIpc) is 2.49. The molecule has 0 aliphatic carbocycles. The van der Waals surface area contributed by atoms with Crippen LogP contribution in [0.25, 0.3) is 0 Å². The normalized spacial score (nSPS) is 18.1. The van der Waals surface area contributed by atoms with E-state index in [0.717, 1.165) is 0 Å². The van der Waals surface area contributed by atoms with Crippen molar-refractivity contribution < 1.29 is 19.1 Å². The fourth-order valence-electron chi connectivity index (χ4n) is 1.91. The van der Waals surface area contributed by atoms with Crippen molar-refractivity contribution in [3.63, 3.8) is 0 Å². The third-order valence-corrected chi connectivity index (χ3v) is 3.05. The van der Waals surface area contributed by atoms with E-state index in [4.69, 9.17) is 21.1 Å². The summed E-state index contributed by atoms with van der Waals surface area (Å²) in [5.41, 5.74) is -0.650. The Bertz CT molecular complexity index is 600. The van der Waals surface area contributed by atoms with Gasteiger partial charge < -0.3 is 14.8 Å². The highest BCUT2D eigenvalue weighted by atomic mass is 35.5. The number of aromatic nitrogens is 1. The molecule has 1 aliphatic heterocycles. The smallest absolute Gasteiger partial charge is 0.408 e. The predicted molar refractivity (Wildman–Crippen MR) is 81.3 cm³/mol. The van der Waals surface area contributed by atoms with Gasteiger partial charge in [0.2, 0.25) is 0 Å². The van der Waals surface area contributed by atoms with Gasteiger partial charge in [-0.15, -0.1) is 0 Å². The Labute approximate surface area is 133 Å². The molecule has 1 aromatic rings. The van der Waals surface area contributed by atoms with Gasteiger partial charge in [0.15, 0.2) is 11.6 Å². The molecular weight excluding hydrogens is 310 g/mol. The molecule has 2 heterocycles. The van der Waals surface area contributed by atoms with Crippen LogP contribution in [0.5, 0.6) is 5.75 Å². The number of anilines is 1. The van der Waals surface area contributed by atoms with Crippen LogP contribution in [0.4, 0.5) is 10.6 Å². The molecule has 0 bridgehead atoms. The number of hydrogen-bond donors (Lipinski definition) is 1. The van der Waals surface area contributed by atoms with Gasteiger partial charge in [-0.3, -0.25) is 9.69 Å². The highest BCUT2D eigenvalue weighted by Crippen LogP contribution is 2.30. The minimum absolute atomic E-state index is 0.0303. The van der Waals surface area contributed by atoms with Crippen LogP contribution >= 0.6 is 11.6 Å². The molecule has 7 nitrogen and oxygen atoms in total. The molecule has 2 rings (SSSR count). The number of likely N-dealkylation sites (N-methyl/N-ethyl adjacent to an activating group) is 1. The summed E-state index contributed by atoms with van der Waals surface area (Å²) in [7, 11) is 1.56. The quantitative estimate of drug-likeness (QED) is 0.853. The maximum Gasteiger partial charge on any atom is 0.408 e. The van der Waals surface area contributed by atoms with Crippen molar-refractivity contribution in [2.45, 2.75) is 32.4 Å². The molecule has 0 spiro atoms. The van der Waals surface area contributed by atoms with Crippen LogP contribution in [0, 0.1) is 0 Å². The molecule has 0 saturated carbocycles. The average molecular weight is 328 g/mol. The van der Waals surface area contributed by atoms with Gasteiger partial charge in [-0.05, 0) is 20.8 Å². The van der Waals surface area contributed by atoms with Crippen LogP contribution < -0.4 is 15.0 Å². The van der Waals surface area contributed by atoms with Gasteiger partial charge in [0.25, 0.3) is 5.91 Å². The minimum Gasteiger partial charge on any atom is -0.487 e. The lowest BCUT2D eigenvalue weighted by Crippen LogP contribution is -2.50. The number of nitrogens with zero attached hydrogens (tertiary/aromatic N) is 2. The molecular formula is C14H18ClN3O4. The number of alkyl carbamates (subject to hydrolysis) is 1. The first kappa shape index (κ1) is 16.4. The Balaban J connectivity index is 2.14. The highest BCUT2D eigenvalue weighted by molar-refractivity contribution is 6.30. The maximum atomic E-state index is 12.4. The molecule has 0 saturated heterocycles. The molecule has 1 aliphatic rings. The van der Waals surface area contributed by atoms with Crippen molar-refractivity contribution in [2.24, 2.45) is 0 Å². The van der Waals surface area contributed by atoms with Crippen LogP contribution in [0.1, 0.15) is 20.8 Å². The van der Waals surface area contributed by atoms with Crippen molar-refractivity contribution in [2.75, 3.05) is 18.6 Å². The van der Waals surface area contributed by atoms with Crippen molar-refractivity contribution in [1.29, 1.82) is 0 Å². The minimum atomic E-state index is -0.868. The second-order valence-corrected chi connectivity index (χ2v) is 6.32. The fraction of sp³-hybridized carbons (Fsp3) is 0.500. The fourth-order valence-corrected chi connectivity index (χ4v) is 2.06. The first-order valence-corrected chi connectivity index (χ1v) is 7.10. The summed E-state index contributed by atoms with van der Waals surface area (Å²) < 4.78 is 10.7. The van der Waals surface area contributed by atoms with Crippen molar-refractivity contribution in [3.8, 4) is 5.75 Å². The molecule has 2 amide bonds. The number of carbonyl (C=O) groups excluding carboxylic acids is 2. The van der Waals surface area contributed by atoms with E-state index in [9.17, 15) is 9.59 Å². The number of nitrogens with one attached hydrogen (secondary N) is 1. The number of ether oxygens (including phenoxy) is 2. The second kappa shape index (κ2) is 6.00. The number of hydrogen-bond acceptors (Lipinski definition) is 5. The maximum absolute atomic E-state index is 12.4. The molecule has 0 radical (unpaired) electrons. The van der Waals surface area contributed by atoms with E-state index in [-0.39, 0.29) is 12.5 Å². The summed E-state index contributed by atoms with van der Waals surface area (Å²) in [6.45, 7) is 5.20. The summed E-state index contributed by atoms with van der Waals surface area (Å²) in [4.78, 5) is 29.6. The molecule has 0 aromatic carbocycles. The SMILES string of the molecule is CN1C(=O)[C@@H](NC(=O)OC(C)(C)C)COc2cc(Cl)cnc21. The van der Waals surface area contributed by atoms with Gasteiger partial charge in [0.1, 0.15) is 18.2 Å². The zero-order valence-electron chi connectivity index (χ0n) is 12.8. The summed E-state index contributed by atoms with van der Waals surface area (Å²) in [6.07, 6.45) is 0.745. The van der Waals surface area contributed by atoms with E-state index in [1.54, 1.807) is 33.9 Å². The summed E-state index contributed by atoms with van der Waals surface area (Å²) in [6, 6.07) is 0.705. The number of fused-ring (bicyclic) bond motifs is 1. The number of rotatable bonds is 1. The standard InChI is InChI=1S/C14H18ClN3O4/c1-14(2,3)22-13(20)17-9-7-21-10-5-8(15)6-16-11(10)18(4)12(9)19/h5-6,9H,7H2,1-4H3,(H,17,20)/t9-/m0/s1. The zero-order chi connectivity index (χ0) is 16.5. The Morgan fingerprint density at radius 3 is 2.86 bits per heavy atom. The van der Waals surface area contributed by atoms with Crippen molar-refractivity contribution >= 4 is 29.4 Å². The third-order valence-electron chi connectivity index (χ3n) is 2.84. The Kier molecular flexibility index (Phi) is 4.46. The lowest BCUT2D eigenvalue weighted by Gasteiger charge is -2.23. The monoisotopic (exact) mass is 327 g/mol. The number of pyridine rings is 1. The highest BCUT2D eigenvalue weighted by Gasteiger charge is 2.32. The van der Waals surface area contributed by atoms with E-state index in [1.165, 1.54) is 11.1 Å². The molecule has 1 aromatic heterocycles. The molecule has 0 unspecified atom stereocenters. The van der Waals surface area contributed by atoms with E-state index >= 15 is 0 Å². The molecule has 22 heavy (non-hydrogen) atoms. The Hall–Kier alpha value is -2.02. The van der Waals surface area contributed by atoms with Gasteiger partial charge in [0.05, 0.1) is 5.02 Å². The van der Waals surface area contributed by atoms with Crippen LogP contribution in [-0.4, -0.2) is 42.3 Å². The van der Waals surface area contributed by atoms with Crippen LogP contribution in [0.3, 0.4) is 0 Å². The number of carbonyl (C=O) groups is 2. The van der Waals surface area contributed by atoms with E-state index < -0.39 is 17.7 Å². The topological polar surface area (TPSA) is 80.8 Å². The number of amides is 2. The molecule has 1 atom stereocenters. The van der Waals surface area contributed by atoms with Crippen LogP contribution in [-0.2, 0) is 9.53 Å². The Morgan fingerprint density at radius 2 is 2.23 bits per heavy atom. The molecule has 8 heteroatoms. The summed E-state index contributed by atoms with van der Waals surface area (Å²) >= 11 is 5.87. The van der Waals surface area contributed by atoms with Gasteiger partial charge in [-0.2, -0.15) is 0 Å². The van der Waals surface area contributed by atoms with E-state index in [1.807, 2.05) is 0 Å². The molecule has 120 valence electrons. The first-order chi connectivity index (χ1) is 10.2. The van der Waals surface area contributed by atoms with Crippen molar-refractivity contribution in [1.82, 2.24) is 10.3 Å². The lowest BCUT2D eigenvalue weighted by atomic mass is 10.2. The number of halogens is 1. The van der Waals surface area contributed by atoms with Gasteiger partial charge in [-0.1, -0.05) is 11.6 Å². The summed E-state index contributed by atoms with van der Waals surface area (Å²) in [5, 5.41) is 2.91. The van der Waals surface area contributed by atoms with Crippen LogP contribution in [0.2, 0.25) is 5.02 Å². The Morgan fingerprint density at radius 1 is 1.55 bits per heavy atom. The second-order valence-electron chi connectivity index (χ2n) is 5.88. The van der Waals surface area contributed by atoms with Crippen LogP contribution in [0.15, 0.2) is 12.3 Å². The van der Waals surface area contributed by atoms with E-state index in [2.05, 4.69) is 10.3 Å².